The lowest BCUT2D eigenvalue weighted by Crippen LogP contribution is -2.54. The van der Waals surface area contributed by atoms with Crippen molar-refractivity contribution in [2.45, 2.75) is 63.6 Å². The Morgan fingerprint density at radius 1 is 1.07 bits per heavy atom. The largest absolute Gasteiger partial charge is 0.479 e. The smallest absolute Gasteiger partial charge is 0.261 e. The molecule has 0 bridgehead atoms. The molecular weight excluding hydrogens is 407 g/mol. The standard InChI is InChI=1S/C23H28Cl2N2O2/c1-15(29-22-17-9-3-2-8-16(17)18(24)14-19(22)25)23(28)26-20-10-4-5-11-21(20)27-12-6-7-13-27/h2-3,8-9,14-15,20-21H,4-7,10-13H2,1H3,(H,26,28). The monoisotopic (exact) mass is 434 g/mol. The summed E-state index contributed by atoms with van der Waals surface area (Å²) in [6, 6.07) is 9.99. The second-order valence-corrected chi connectivity index (χ2v) is 9.00. The third-order valence-corrected chi connectivity index (χ3v) is 6.82. The Morgan fingerprint density at radius 3 is 2.52 bits per heavy atom. The van der Waals surface area contributed by atoms with E-state index in [-0.39, 0.29) is 11.9 Å². The fraction of sp³-hybridized carbons (Fsp3) is 0.522. The maximum atomic E-state index is 13.0. The molecule has 1 amide bonds. The van der Waals surface area contributed by atoms with E-state index in [2.05, 4.69) is 10.2 Å². The number of amides is 1. The Morgan fingerprint density at radius 2 is 1.76 bits per heavy atom. The van der Waals surface area contributed by atoms with Crippen LogP contribution in [-0.4, -0.2) is 42.1 Å². The van der Waals surface area contributed by atoms with Gasteiger partial charge in [0.2, 0.25) is 0 Å². The molecule has 0 spiro atoms. The van der Waals surface area contributed by atoms with E-state index in [0.29, 0.717) is 21.8 Å². The molecule has 29 heavy (non-hydrogen) atoms. The van der Waals surface area contributed by atoms with Gasteiger partial charge < -0.3 is 10.1 Å². The van der Waals surface area contributed by atoms with Crippen LogP contribution in [0, 0.1) is 0 Å². The van der Waals surface area contributed by atoms with Crippen LogP contribution in [0.15, 0.2) is 30.3 Å². The van der Waals surface area contributed by atoms with Gasteiger partial charge in [-0.25, -0.2) is 0 Å². The molecule has 0 aromatic heterocycles. The van der Waals surface area contributed by atoms with E-state index in [1.807, 2.05) is 24.3 Å². The molecule has 3 atom stereocenters. The minimum Gasteiger partial charge on any atom is -0.479 e. The molecule has 1 saturated heterocycles. The van der Waals surface area contributed by atoms with Crippen molar-refractivity contribution >= 4 is 39.9 Å². The zero-order valence-electron chi connectivity index (χ0n) is 16.8. The number of nitrogens with one attached hydrogen (secondary N) is 1. The summed E-state index contributed by atoms with van der Waals surface area (Å²) in [6.07, 6.45) is 6.48. The van der Waals surface area contributed by atoms with Crippen molar-refractivity contribution in [2.24, 2.45) is 0 Å². The Bertz CT molecular complexity index is 883. The zero-order valence-corrected chi connectivity index (χ0v) is 18.3. The van der Waals surface area contributed by atoms with Gasteiger partial charge in [-0.3, -0.25) is 9.69 Å². The first kappa shape index (κ1) is 20.8. The molecule has 1 aliphatic heterocycles. The van der Waals surface area contributed by atoms with Gasteiger partial charge in [-0.15, -0.1) is 0 Å². The van der Waals surface area contributed by atoms with E-state index in [0.717, 1.165) is 43.1 Å². The molecule has 6 heteroatoms. The second-order valence-electron chi connectivity index (χ2n) is 8.18. The van der Waals surface area contributed by atoms with Crippen LogP contribution >= 0.6 is 23.2 Å². The molecule has 0 radical (unpaired) electrons. The van der Waals surface area contributed by atoms with Gasteiger partial charge in [0.1, 0.15) is 5.75 Å². The van der Waals surface area contributed by atoms with Crippen molar-refractivity contribution in [3.05, 3.63) is 40.4 Å². The molecule has 4 rings (SSSR count). The maximum absolute atomic E-state index is 13.0. The van der Waals surface area contributed by atoms with Crippen molar-refractivity contribution in [1.82, 2.24) is 10.2 Å². The third-order valence-electron chi connectivity index (χ3n) is 6.23. The van der Waals surface area contributed by atoms with Crippen LogP contribution in [-0.2, 0) is 4.79 Å². The summed E-state index contributed by atoms with van der Waals surface area (Å²) in [7, 11) is 0. The number of benzene rings is 2. The average Bonchev–Trinajstić information content (AvgIpc) is 3.26. The fourth-order valence-electron chi connectivity index (χ4n) is 4.71. The molecule has 1 aliphatic carbocycles. The minimum atomic E-state index is -0.641. The summed E-state index contributed by atoms with van der Waals surface area (Å²) in [5.41, 5.74) is 0. The first-order valence-electron chi connectivity index (χ1n) is 10.6. The lowest BCUT2D eigenvalue weighted by Gasteiger charge is -2.38. The highest BCUT2D eigenvalue weighted by molar-refractivity contribution is 6.39. The van der Waals surface area contributed by atoms with Crippen LogP contribution in [0.1, 0.15) is 45.4 Å². The van der Waals surface area contributed by atoms with Crippen molar-refractivity contribution in [2.75, 3.05) is 13.1 Å². The molecule has 1 N–H and O–H groups in total. The normalized spacial score (nSPS) is 23.8. The number of likely N-dealkylation sites (tertiary alicyclic amines) is 1. The number of fused-ring (bicyclic) bond motifs is 1. The molecule has 3 unspecified atom stereocenters. The Kier molecular flexibility index (Phi) is 6.53. The van der Waals surface area contributed by atoms with E-state index in [1.165, 1.54) is 19.3 Å². The summed E-state index contributed by atoms with van der Waals surface area (Å²) in [6.45, 7) is 4.08. The molecule has 1 heterocycles. The van der Waals surface area contributed by atoms with Crippen LogP contribution in [0.25, 0.3) is 10.8 Å². The summed E-state index contributed by atoms with van der Waals surface area (Å²) in [5.74, 6) is 0.422. The van der Waals surface area contributed by atoms with Crippen LogP contribution in [0.3, 0.4) is 0 Å². The van der Waals surface area contributed by atoms with Crippen molar-refractivity contribution in [3.63, 3.8) is 0 Å². The van der Waals surface area contributed by atoms with Gasteiger partial charge in [-0.05, 0) is 51.8 Å². The number of carbonyl (C=O) groups excluding carboxylic acids is 1. The van der Waals surface area contributed by atoms with Crippen LogP contribution in [0.2, 0.25) is 10.0 Å². The van der Waals surface area contributed by atoms with Gasteiger partial charge in [0.15, 0.2) is 6.10 Å². The molecule has 1 saturated carbocycles. The number of halogens is 2. The molecule has 2 aliphatic rings. The summed E-state index contributed by atoms with van der Waals surface area (Å²) in [5, 5.41) is 5.94. The van der Waals surface area contributed by atoms with E-state index in [9.17, 15) is 4.79 Å². The maximum Gasteiger partial charge on any atom is 0.261 e. The minimum absolute atomic E-state index is 0.0869. The number of hydrogen-bond donors (Lipinski definition) is 1. The number of hydrogen-bond acceptors (Lipinski definition) is 3. The molecule has 2 fully saturated rings. The second kappa shape index (κ2) is 9.11. The van der Waals surface area contributed by atoms with Crippen molar-refractivity contribution in [3.8, 4) is 5.75 Å². The quantitative estimate of drug-likeness (QED) is 0.680. The topological polar surface area (TPSA) is 41.6 Å². The Balaban J connectivity index is 1.48. The molecule has 2 aromatic carbocycles. The van der Waals surface area contributed by atoms with E-state index < -0.39 is 6.10 Å². The predicted molar refractivity (Wildman–Crippen MR) is 119 cm³/mol. The van der Waals surface area contributed by atoms with Crippen molar-refractivity contribution < 1.29 is 9.53 Å². The third kappa shape index (κ3) is 4.50. The van der Waals surface area contributed by atoms with Crippen LogP contribution < -0.4 is 10.1 Å². The first-order chi connectivity index (χ1) is 14.0. The summed E-state index contributed by atoms with van der Waals surface area (Å²) in [4.78, 5) is 15.5. The van der Waals surface area contributed by atoms with E-state index in [1.54, 1.807) is 13.0 Å². The Labute approximate surface area is 182 Å². The van der Waals surface area contributed by atoms with Gasteiger partial charge >= 0.3 is 0 Å². The highest BCUT2D eigenvalue weighted by Gasteiger charge is 2.33. The average molecular weight is 435 g/mol. The highest BCUT2D eigenvalue weighted by atomic mass is 35.5. The fourth-order valence-corrected chi connectivity index (χ4v) is 5.30. The SMILES string of the molecule is CC(Oc1c(Cl)cc(Cl)c2ccccc12)C(=O)NC1CCCCC1N1CCCC1. The van der Waals surface area contributed by atoms with Gasteiger partial charge in [0.25, 0.3) is 5.91 Å². The van der Waals surface area contributed by atoms with Crippen molar-refractivity contribution in [1.29, 1.82) is 0 Å². The van der Waals surface area contributed by atoms with Gasteiger partial charge in [0.05, 0.1) is 10.0 Å². The predicted octanol–water partition coefficient (Wildman–Crippen LogP) is 5.44. The van der Waals surface area contributed by atoms with Crippen LogP contribution in [0.5, 0.6) is 5.75 Å². The number of rotatable bonds is 5. The lowest BCUT2D eigenvalue weighted by atomic mass is 9.89. The first-order valence-corrected chi connectivity index (χ1v) is 11.4. The van der Waals surface area contributed by atoms with Gasteiger partial charge in [-0.2, -0.15) is 0 Å². The Hall–Kier alpha value is -1.49. The molecule has 4 nitrogen and oxygen atoms in total. The van der Waals surface area contributed by atoms with E-state index in [4.69, 9.17) is 27.9 Å². The zero-order chi connectivity index (χ0) is 20.4. The van der Waals surface area contributed by atoms with Gasteiger partial charge in [-0.1, -0.05) is 60.3 Å². The lowest BCUT2D eigenvalue weighted by molar-refractivity contribution is -0.128. The molecule has 156 valence electrons. The number of carbonyl (C=O) groups is 1. The highest BCUT2D eigenvalue weighted by Crippen LogP contribution is 2.38. The summed E-state index contributed by atoms with van der Waals surface area (Å²) >= 11 is 12.7. The molecular formula is C23H28Cl2N2O2. The number of nitrogens with zero attached hydrogens (tertiary/aromatic N) is 1. The number of ether oxygens (including phenoxy) is 1. The molecule has 2 aromatic rings. The van der Waals surface area contributed by atoms with Gasteiger partial charge in [0, 0.05) is 22.9 Å². The van der Waals surface area contributed by atoms with Crippen LogP contribution in [0.4, 0.5) is 0 Å². The van der Waals surface area contributed by atoms with E-state index >= 15 is 0 Å². The summed E-state index contributed by atoms with van der Waals surface area (Å²) < 4.78 is 6.06.